The number of aryl methyl sites for hydroxylation is 2. The summed E-state index contributed by atoms with van der Waals surface area (Å²) in [6.07, 6.45) is 2.83. The van der Waals surface area contributed by atoms with E-state index in [-0.39, 0.29) is 17.7 Å². The fourth-order valence-corrected chi connectivity index (χ4v) is 4.64. The molecule has 1 saturated heterocycles. The molecule has 172 valence electrons. The Labute approximate surface area is 201 Å². The van der Waals surface area contributed by atoms with Crippen LogP contribution in [0.15, 0.2) is 48.5 Å². The maximum Gasteiger partial charge on any atom is 0.253 e. The van der Waals surface area contributed by atoms with Crippen molar-refractivity contribution in [2.24, 2.45) is 5.92 Å². The molecular formula is C24H25ClN4O3S. The zero-order valence-corrected chi connectivity index (χ0v) is 19.9. The number of carbonyl (C=O) groups excluding carboxylic acids is 2. The number of likely N-dealkylation sites (tertiary alicyclic amines) is 1. The summed E-state index contributed by atoms with van der Waals surface area (Å²) in [5, 5.41) is 13.2. The van der Waals surface area contributed by atoms with Crippen molar-refractivity contribution in [1.82, 2.24) is 15.1 Å². The maximum absolute atomic E-state index is 12.7. The molecule has 0 atom stereocenters. The van der Waals surface area contributed by atoms with Gasteiger partial charge in [0.1, 0.15) is 10.8 Å². The largest absolute Gasteiger partial charge is 0.497 e. The third-order valence-electron chi connectivity index (χ3n) is 5.73. The van der Waals surface area contributed by atoms with Crippen LogP contribution >= 0.6 is 22.9 Å². The molecule has 33 heavy (non-hydrogen) atoms. The second-order valence-electron chi connectivity index (χ2n) is 7.91. The number of aromatic nitrogens is 2. The number of nitrogens with one attached hydrogen (secondary N) is 1. The molecule has 0 saturated carbocycles. The molecule has 1 aliphatic heterocycles. The normalized spacial score (nSPS) is 14.2. The SMILES string of the molecule is COc1ccc(CCc2nnc(NC(=O)C3CCN(C(=O)c4ccc(Cl)cc4)CC3)s2)cc1. The summed E-state index contributed by atoms with van der Waals surface area (Å²) >= 11 is 7.30. The van der Waals surface area contributed by atoms with Crippen molar-refractivity contribution < 1.29 is 14.3 Å². The Balaban J connectivity index is 1.24. The zero-order valence-electron chi connectivity index (χ0n) is 18.3. The average molecular weight is 485 g/mol. The molecule has 2 amide bonds. The van der Waals surface area contributed by atoms with Crippen molar-refractivity contribution in [2.45, 2.75) is 25.7 Å². The second-order valence-corrected chi connectivity index (χ2v) is 9.41. The highest BCUT2D eigenvalue weighted by Crippen LogP contribution is 2.23. The van der Waals surface area contributed by atoms with Crippen molar-refractivity contribution in [1.29, 1.82) is 0 Å². The van der Waals surface area contributed by atoms with Gasteiger partial charge in [0.2, 0.25) is 11.0 Å². The number of piperidine rings is 1. The quantitative estimate of drug-likeness (QED) is 0.534. The van der Waals surface area contributed by atoms with Crippen LogP contribution in [0.4, 0.5) is 5.13 Å². The van der Waals surface area contributed by atoms with Gasteiger partial charge in [0.25, 0.3) is 5.91 Å². The number of benzene rings is 2. The smallest absolute Gasteiger partial charge is 0.253 e. The molecule has 0 spiro atoms. The first-order valence-electron chi connectivity index (χ1n) is 10.8. The van der Waals surface area contributed by atoms with E-state index < -0.39 is 0 Å². The number of ether oxygens (including phenoxy) is 1. The van der Waals surface area contributed by atoms with Gasteiger partial charge in [0.05, 0.1) is 7.11 Å². The van der Waals surface area contributed by atoms with Crippen LogP contribution in [0, 0.1) is 5.92 Å². The topological polar surface area (TPSA) is 84.4 Å². The molecule has 1 fully saturated rings. The van der Waals surface area contributed by atoms with Gasteiger partial charge in [-0.3, -0.25) is 9.59 Å². The van der Waals surface area contributed by atoms with Gasteiger partial charge >= 0.3 is 0 Å². The first kappa shape index (κ1) is 23.2. The molecule has 1 N–H and O–H groups in total. The molecule has 0 radical (unpaired) electrons. The van der Waals surface area contributed by atoms with Crippen LogP contribution in [0.25, 0.3) is 0 Å². The van der Waals surface area contributed by atoms with Gasteiger partial charge in [0, 0.05) is 36.0 Å². The fraction of sp³-hybridized carbons (Fsp3) is 0.333. The number of hydrogen-bond donors (Lipinski definition) is 1. The number of rotatable bonds is 7. The number of anilines is 1. The predicted molar refractivity (Wildman–Crippen MR) is 129 cm³/mol. The van der Waals surface area contributed by atoms with E-state index in [9.17, 15) is 9.59 Å². The summed E-state index contributed by atoms with van der Waals surface area (Å²) < 4.78 is 5.18. The monoisotopic (exact) mass is 484 g/mol. The van der Waals surface area contributed by atoms with Crippen LogP contribution in [-0.2, 0) is 17.6 Å². The predicted octanol–water partition coefficient (Wildman–Crippen LogP) is 4.48. The van der Waals surface area contributed by atoms with E-state index in [1.165, 1.54) is 16.9 Å². The van der Waals surface area contributed by atoms with Gasteiger partial charge in [0.15, 0.2) is 0 Å². The molecule has 4 rings (SSSR count). The molecule has 0 unspecified atom stereocenters. The molecule has 0 bridgehead atoms. The lowest BCUT2D eigenvalue weighted by Crippen LogP contribution is -2.41. The lowest BCUT2D eigenvalue weighted by molar-refractivity contribution is -0.121. The highest BCUT2D eigenvalue weighted by atomic mass is 35.5. The molecule has 2 heterocycles. The summed E-state index contributed by atoms with van der Waals surface area (Å²) in [6.45, 7) is 1.09. The Bertz CT molecular complexity index is 1090. The highest BCUT2D eigenvalue weighted by Gasteiger charge is 2.28. The van der Waals surface area contributed by atoms with E-state index in [0.717, 1.165) is 23.6 Å². The number of nitrogens with zero attached hydrogens (tertiary/aromatic N) is 3. The maximum atomic E-state index is 12.7. The van der Waals surface area contributed by atoms with Crippen LogP contribution in [0.5, 0.6) is 5.75 Å². The number of carbonyl (C=O) groups is 2. The standard InChI is InChI=1S/C24H25ClN4O3S/c1-32-20-9-2-16(3-10-20)4-11-21-27-28-24(33-21)26-22(30)17-12-14-29(15-13-17)23(31)18-5-7-19(25)8-6-18/h2-3,5-10,17H,4,11-15H2,1H3,(H,26,28,30). The number of hydrogen-bond acceptors (Lipinski definition) is 6. The minimum Gasteiger partial charge on any atom is -0.497 e. The Morgan fingerprint density at radius 1 is 1.06 bits per heavy atom. The molecule has 0 aliphatic carbocycles. The Kier molecular flexibility index (Phi) is 7.57. The van der Waals surface area contributed by atoms with Crippen LogP contribution in [0.3, 0.4) is 0 Å². The van der Waals surface area contributed by atoms with E-state index >= 15 is 0 Å². The van der Waals surface area contributed by atoms with Crippen LogP contribution < -0.4 is 10.1 Å². The summed E-state index contributed by atoms with van der Waals surface area (Å²) in [6, 6.07) is 14.8. The molecule has 2 aromatic carbocycles. The summed E-state index contributed by atoms with van der Waals surface area (Å²) in [7, 11) is 1.65. The van der Waals surface area contributed by atoms with Crippen molar-refractivity contribution in [3.05, 3.63) is 69.7 Å². The molecule has 1 aromatic heterocycles. The Morgan fingerprint density at radius 3 is 2.42 bits per heavy atom. The average Bonchev–Trinajstić information content (AvgIpc) is 3.30. The van der Waals surface area contributed by atoms with Crippen molar-refractivity contribution in [3.63, 3.8) is 0 Å². The fourth-order valence-electron chi connectivity index (χ4n) is 3.78. The highest BCUT2D eigenvalue weighted by molar-refractivity contribution is 7.15. The van der Waals surface area contributed by atoms with Crippen LogP contribution in [-0.4, -0.2) is 47.1 Å². The minimum absolute atomic E-state index is 0.0313. The van der Waals surface area contributed by atoms with E-state index in [1.54, 1.807) is 36.3 Å². The number of halogens is 1. The molecule has 3 aromatic rings. The van der Waals surface area contributed by atoms with Crippen molar-refractivity contribution in [2.75, 3.05) is 25.5 Å². The first-order chi connectivity index (χ1) is 16.0. The number of amides is 2. The molecule has 7 nitrogen and oxygen atoms in total. The van der Waals surface area contributed by atoms with Gasteiger partial charge in [-0.25, -0.2) is 0 Å². The number of methoxy groups -OCH3 is 1. The minimum atomic E-state index is -0.147. The van der Waals surface area contributed by atoms with Crippen molar-refractivity contribution in [3.8, 4) is 5.75 Å². The van der Waals surface area contributed by atoms with E-state index in [2.05, 4.69) is 15.5 Å². The van der Waals surface area contributed by atoms with E-state index in [4.69, 9.17) is 16.3 Å². The van der Waals surface area contributed by atoms with Gasteiger partial charge in [-0.1, -0.05) is 35.1 Å². The summed E-state index contributed by atoms with van der Waals surface area (Å²) in [5.74, 6) is 0.591. The second kappa shape index (κ2) is 10.8. The Morgan fingerprint density at radius 2 is 1.76 bits per heavy atom. The zero-order chi connectivity index (χ0) is 23.2. The van der Waals surface area contributed by atoms with Gasteiger partial charge < -0.3 is 15.0 Å². The van der Waals surface area contributed by atoms with E-state index in [0.29, 0.717) is 41.6 Å². The summed E-state index contributed by atoms with van der Waals surface area (Å²) in [5.41, 5.74) is 1.80. The molecule has 9 heteroatoms. The summed E-state index contributed by atoms with van der Waals surface area (Å²) in [4.78, 5) is 27.1. The van der Waals surface area contributed by atoms with Crippen LogP contribution in [0.1, 0.15) is 33.8 Å². The van der Waals surface area contributed by atoms with Crippen molar-refractivity contribution >= 4 is 39.9 Å². The third kappa shape index (κ3) is 6.09. The molecular weight excluding hydrogens is 460 g/mol. The van der Waals surface area contributed by atoms with Gasteiger partial charge in [-0.05, 0) is 61.2 Å². The van der Waals surface area contributed by atoms with Gasteiger partial charge in [-0.2, -0.15) is 0 Å². The van der Waals surface area contributed by atoms with E-state index in [1.807, 2.05) is 24.3 Å². The lowest BCUT2D eigenvalue weighted by Gasteiger charge is -2.31. The Hall–Kier alpha value is -2.97. The lowest BCUT2D eigenvalue weighted by atomic mass is 9.95. The third-order valence-corrected chi connectivity index (χ3v) is 6.88. The molecule has 1 aliphatic rings. The first-order valence-corrected chi connectivity index (χ1v) is 12.0. The van der Waals surface area contributed by atoms with Crippen LogP contribution in [0.2, 0.25) is 5.02 Å². The van der Waals surface area contributed by atoms with Gasteiger partial charge in [-0.15, -0.1) is 10.2 Å².